The van der Waals surface area contributed by atoms with Crippen LogP contribution >= 0.6 is 23.2 Å². The zero-order valence-corrected chi connectivity index (χ0v) is 11.2. The number of halogens is 2. The monoisotopic (exact) mass is 298 g/mol. The molecule has 5 nitrogen and oxygen atoms in total. The van der Waals surface area contributed by atoms with Gasteiger partial charge in [-0.2, -0.15) is 0 Å². The number of ketones is 1. The van der Waals surface area contributed by atoms with Gasteiger partial charge < -0.3 is 4.98 Å². The number of benzene rings is 1. The van der Waals surface area contributed by atoms with Crippen LogP contribution < -0.4 is 11.2 Å². The molecule has 0 aliphatic rings. The highest BCUT2D eigenvalue weighted by Crippen LogP contribution is 2.26. The van der Waals surface area contributed by atoms with Crippen LogP contribution in [0, 0.1) is 0 Å². The summed E-state index contributed by atoms with van der Waals surface area (Å²) < 4.78 is 0.751. The smallest absolute Gasteiger partial charge is 0.313 e. The second kappa shape index (κ2) is 5.03. The van der Waals surface area contributed by atoms with Crippen molar-refractivity contribution in [1.29, 1.82) is 0 Å². The molecule has 19 heavy (non-hydrogen) atoms. The number of hydrogen-bond donors (Lipinski definition) is 1. The number of nitrogens with zero attached hydrogens (tertiary/aromatic N) is 1. The molecule has 0 amide bonds. The SMILES string of the molecule is CC(=O)c1c[nH]c(=O)n(-c2c(Cl)cccc2Cl)c1=O. The highest BCUT2D eigenvalue weighted by molar-refractivity contribution is 6.37. The molecule has 0 aliphatic heterocycles. The van der Waals surface area contributed by atoms with E-state index >= 15 is 0 Å². The fourth-order valence-corrected chi connectivity index (χ4v) is 2.20. The van der Waals surface area contributed by atoms with Crippen molar-refractivity contribution in [2.45, 2.75) is 6.92 Å². The summed E-state index contributed by atoms with van der Waals surface area (Å²) in [5.41, 5.74) is -1.56. The van der Waals surface area contributed by atoms with Gasteiger partial charge in [-0.25, -0.2) is 9.36 Å². The lowest BCUT2D eigenvalue weighted by molar-refractivity contribution is 0.101. The average molecular weight is 299 g/mol. The van der Waals surface area contributed by atoms with E-state index in [1.807, 2.05) is 0 Å². The number of hydrogen-bond acceptors (Lipinski definition) is 3. The first-order chi connectivity index (χ1) is 8.93. The van der Waals surface area contributed by atoms with Crippen LogP contribution in [-0.2, 0) is 0 Å². The van der Waals surface area contributed by atoms with Crippen LogP contribution in [0.15, 0.2) is 34.0 Å². The van der Waals surface area contributed by atoms with Crippen molar-refractivity contribution < 1.29 is 4.79 Å². The third-order valence-corrected chi connectivity index (χ3v) is 3.13. The highest BCUT2D eigenvalue weighted by Gasteiger charge is 2.16. The molecular formula is C12H8Cl2N2O3. The molecule has 0 radical (unpaired) electrons. The van der Waals surface area contributed by atoms with E-state index in [0.717, 1.165) is 10.8 Å². The Bertz CT molecular complexity index is 757. The van der Waals surface area contributed by atoms with Crippen molar-refractivity contribution in [1.82, 2.24) is 9.55 Å². The van der Waals surface area contributed by atoms with Crippen molar-refractivity contribution in [2.24, 2.45) is 0 Å². The zero-order valence-electron chi connectivity index (χ0n) is 9.74. The molecule has 0 spiro atoms. The molecule has 0 aliphatic carbocycles. The van der Waals surface area contributed by atoms with Crippen molar-refractivity contribution in [3.8, 4) is 5.69 Å². The molecule has 0 atom stereocenters. The van der Waals surface area contributed by atoms with E-state index in [9.17, 15) is 14.4 Å². The number of carbonyl (C=O) groups is 1. The number of nitrogens with one attached hydrogen (secondary N) is 1. The minimum atomic E-state index is -0.758. The van der Waals surface area contributed by atoms with Gasteiger partial charge in [-0.15, -0.1) is 0 Å². The minimum absolute atomic E-state index is 0.0557. The van der Waals surface area contributed by atoms with Crippen LogP contribution in [0.25, 0.3) is 5.69 Å². The molecule has 0 bridgehead atoms. The molecule has 0 saturated carbocycles. The second-order valence-electron chi connectivity index (χ2n) is 3.77. The fourth-order valence-electron chi connectivity index (χ4n) is 1.63. The van der Waals surface area contributed by atoms with Crippen molar-refractivity contribution in [3.63, 3.8) is 0 Å². The van der Waals surface area contributed by atoms with E-state index in [4.69, 9.17) is 23.2 Å². The first-order valence-electron chi connectivity index (χ1n) is 5.23. The van der Waals surface area contributed by atoms with Gasteiger partial charge in [0, 0.05) is 6.20 Å². The lowest BCUT2D eigenvalue weighted by Crippen LogP contribution is -2.36. The molecular weight excluding hydrogens is 291 g/mol. The number of aromatic amines is 1. The van der Waals surface area contributed by atoms with E-state index < -0.39 is 17.0 Å². The number of rotatable bonds is 2. The van der Waals surface area contributed by atoms with Gasteiger partial charge in [0.05, 0.1) is 21.3 Å². The Morgan fingerprint density at radius 1 is 1.21 bits per heavy atom. The predicted octanol–water partition coefficient (Wildman–Crippen LogP) is 2.04. The predicted molar refractivity (Wildman–Crippen MR) is 72.7 cm³/mol. The quantitative estimate of drug-likeness (QED) is 0.862. The average Bonchev–Trinajstić information content (AvgIpc) is 2.32. The Labute approximate surface area is 117 Å². The Balaban J connectivity index is 2.91. The standard InChI is InChI=1S/C12H8Cl2N2O3/c1-6(17)7-5-15-12(19)16(11(7)18)10-8(13)3-2-4-9(10)14/h2-5H,1H3,(H,15,19). The fraction of sp³-hybridized carbons (Fsp3) is 0.0833. The van der Waals surface area contributed by atoms with Crippen LogP contribution in [0.5, 0.6) is 0 Å². The molecule has 0 unspecified atom stereocenters. The van der Waals surface area contributed by atoms with E-state index in [1.54, 1.807) is 6.07 Å². The van der Waals surface area contributed by atoms with Gasteiger partial charge in [-0.3, -0.25) is 9.59 Å². The maximum absolute atomic E-state index is 12.1. The Morgan fingerprint density at radius 2 is 1.79 bits per heavy atom. The molecule has 7 heteroatoms. The number of aromatic nitrogens is 2. The molecule has 2 aromatic rings. The largest absolute Gasteiger partial charge is 0.333 e. The van der Waals surface area contributed by atoms with Crippen LogP contribution in [0.3, 0.4) is 0 Å². The second-order valence-corrected chi connectivity index (χ2v) is 4.59. The lowest BCUT2D eigenvalue weighted by Gasteiger charge is -2.09. The summed E-state index contributed by atoms with van der Waals surface area (Å²) in [6.07, 6.45) is 1.08. The first kappa shape index (κ1) is 13.6. The highest BCUT2D eigenvalue weighted by atomic mass is 35.5. The Morgan fingerprint density at radius 3 is 2.32 bits per heavy atom. The number of carbonyl (C=O) groups excluding carboxylic acids is 1. The normalized spacial score (nSPS) is 10.5. The van der Waals surface area contributed by atoms with Gasteiger partial charge in [0.15, 0.2) is 5.78 Å². The van der Waals surface area contributed by atoms with Crippen molar-refractivity contribution in [3.05, 3.63) is 60.8 Å². The third-order valence-electron chi connectivity index (χ3n) is 2.52. The van der Waals surface area contributed by atoms with Gasteiger partial charge in [-0.05, 0) is 19.1 Å². The molecule has 1 N–H and O–H groups in total. The summed E-state index contributed by atoms with van der Waals surface area (Å²) in [5.74, 6) is -0.460. The molecule has 1 aromatic carbocycles. The topological polar surface area (TPSA) is 71.9 Å². The number of Topliss-reactive ketones (excluding diaryl/α,β-unsaturated/α-hetero) is 1. The van der Waals surface area contributed by atoms with Crippen LogP contribution in [0.2, 0.25) is 10.0 Å². The minimum Gasteiger partial charge on any atom is -0.313 e. The van der Waals surface area contributed by atoms with E-state index in [1.165, 1.54) is 19.1 Å². The number of para-hydroxylation sites is 1. The van der Waals surface area contributed by atoms with E-state index in [0.29, 0.717) is 0 Å². The maximum atomic E-state index is 12.1. The van der Waals surface area contributed by atoms with Gasteiger partial charge >= 0.3 is 5.69 Å². The van der Waals surface area contributed by atoms with E-state index in [2.05, 4.69) is 4.98 Å². The Kier molecular flexibility index (Phi) is 3.59. The molecule has 1 heterocycles. The van der Waals surface area contributed by atoms with Gasteiger partial charge in [0.25, 0.3) is 5.56 Å². The molecule has 98 valence electrons. The van der Waals surface area contributed by atoms with Crippen molar-refractivity contribution in [2.75, 3.05) is 0 Å². The van der Waals surface area contributed by atoms with Crippen molar-refractivity contribution >= 4 is 29.0 Å². The molecule has 0 fully saturated rings. The summed E-state index contributed by atoms with van der Waals surface area (Å²) in [6.45, 7) is 1.23. The van der Waals surface area contributed by atoms with E-state index in [-0.39, 0.29) is 21.3 Å². The molecule has 2 rings (SSSR count). The molecule has 1 aromatic heterocycles. The number of H-pyrrole nitrogens is 1. The summed E-state index contributed by atoms with van der Waals surface area (Å²) in [6, 6.07) is 4.58. The summed E-state index contributed by atoms with van der Waals surface area (Å²) in [5, 5.41) is 0.279. The summed E-state index contributed by atoms with van der Waals surface area (Å²) in [4.78, 5) is 37.6. The van der Waals surface area contributed by atoms with Gasteiger partial charge in [0.2, 0.25) is 0 Å². The van der Waals surface area contributed by atoms with Gasteiger partial charge in [-0.1, -0.05) is 29.3 Å². The third kappa shape index (κ3) is 2.34. The Hall–Kier alpha value is -1.85. The van der Waals surface area contributed by atoms with Gasteiger partial charge in [0.1, 0.15) is 0 Å². The zero-order chi connectivity index (χ0) is 14.2. The summed E-state index contributed by atoms with van der Waals surface area (Å²) in [7, 11) is 0. The van der Waals surface area contributed by atoms with Crippen LogP contribution in [-0.4, -0.2) is 15.3 Å². The molecule has 0 saturated heterocycles. The van der Waals surface area contributed by atoms with Crippen LogP contribution in [0.4, 0.5) is 0 Å². The maximum Gasteiger partial charge on any atom is 0.333 e. The van der Waals surface area contributed by atoms with Crippen LogP contribution in [0.1, 0.15) is 17.3 Å². The summed E-state index contributed by atoms with van der Waals surface area (Å²) >= 11 is 11.9. The lowest BCUT2D eigenvalue weighted by atomic mass is 10.2. The first-order valence-corrected chi connectivity index (χ1v) is 5.99.